The van der Waals surface area contributed by atoms with Crippen LogP contribution in [0.15, 0.2) is 48.7 Å². The third-order valence-electron chi connectivity index (χ3n) is 2.84. The molecule has 0 bridgehead atoms. The summed E-state index contributed by atoms with van der Waals surface area (Å²) in [5.41, 5.74) is 1.71. The molecule has 1 heterocycles. The number of pyridine rings is 1. The summed E-state index contributed by atoms with van der Waals surface area (Å²) in [6.45, 7) is 1.59. The monoisotopic (exact) mass is 241 g/mol. The van der Waals surface area contributed by atoms with E-state index in [0.717, 1.165) is 17.0 Å². The van der Waals surface area contributed by atoms with Crippen LogP contribution in [-0.4, -0.2) is 17.9 Å². The Bertz CT molecular complexity index is 520. The molecule has 0 aliphatic carbocycles. The summed E-state index contributed by atoms with van der Waals surface area (Å²) in [6, 6.07) is 13.1. The summed E-state index contributed by atoms with van der Waals surface area (Å²) >= 11 is 0. The lowest BCUT2D eigenvalue weighted by Gasteiger charge is -2.14. The molecule has 0 spiro atoms. The van der Waals surface area contributed by atoms with E-state index in [1.165, 1.54) is 0 Å². The fraction of sp³-hybridized carbons (Fsp3) is 0.200. The highest BCUT2D eigenvalue weighted by Crippen LogP contribution is 2.25. The zero-order valence-electron chi connectivity index (χ0n) is 10.5. The number of hydrogen-bond donors (Lipinski definition) is 0. The standard InChI is InChI=1S/C15H15NO2/c1-11(17)15(14-5-3-4-10-16-14)12-6-8-13(18-2)9-7-12/h3-10,15H,1-2H3. The molecule has 1 aromatic carbocycles. The van der Waals surface area contributed by atoms with Gasteiger partial charge in [0.2, 0.25) is 0 Å². The van der Waals surface area contributed by atoms with Crippen molar-refractivity contribution in [3.63, 3.8) is 0 Å². The molecule has 18 heavy (non-hydrogen) atoms. The predicted octanol–water partition coefficient (Wildman–Crippen LogP) is 2.81. The van der Waals surface area contributed by atoms with E-state index in [2.05, 4.69) is 4.98 Å². The largest absolute Gasteiger partial charge is 0.497 e. The van der Waals surface area contributed by atoms with Gasteiger partial charge in [0.25, 0.3) is 0 Å². The third kappa shape index (κ3) is 2.56. The molecular weight excluding hydrogens is 226 g/mol. The van der Waals surface area contributed by atoms with Crippen molar-refractivity contribution < 1.29 is 9.53 Å². The molecular formula is C15H15NO2. The van der Waals surface area contributed by atoms with E-state index in [4.69, 9.17) is 4.74 Å². The molecule has 0 amide bonds. The van der Waals surface area contributed by atoms with Crippen LogP contribution in [-0.2, 0) is 4.79 Å². The first kappa shape index (κ1) is 12.3. The number of carbonyl (C=O) groups excluding carboxylic acids is 1. The minimum atomic E-state index is -0.308. The molecule has 0 saturated carbocycles. The second-order valence-corrected chi connectivity index (χ2v) is 4.07. The van der Waals surface area contributed by atoms with E-state index >= 15 is 0 Å². The molecule has 0 fully saturated rings. The fourth-order valence-corrected chi connectivity index (χ4v) is 1.96. The van der Waals surface area contributed by atoms with Crippen LogP contribution in [0.2, 0.25) is 0 Å². The number of nitrogens with zero attached hydrogens (tertiary/aromatic N) is 1. The lowest BCUT2D eigenvalue weighted by Crippen LogP contribution is -2.11. The van der Waals surface area contributed by atoms with Gasteiger partial charge in [-0.05, 0) is 36.8 Å². The Morgan fingerprint density at radius 2 is 1.89 bits per heavy atom. The Morgan fingerprint density at radius 1 is 1.17 bits per heavy atom. The van der Waals surface area contributed by atoms with E-state index in [1.54, 1.807) is 20.2 Å². The van der Waals surface area contributed by atoms with Crippen molar-refractivity contribution in [3.05, 3.63) is 59.9 Å². The van der Waals surface area contributed by atoms with Crippen LogP contribution in [0.3, 0.4) is 0 Å². The zero-order valence-corrected chi connectivity index (χ0v) is 10.5. The number of hydrogen-bond acceptors (Lipinski definition) is 3. The van der Waals surface area contributed by atoms with Crippen molar-refractivity contribution >= 4 is 5.78 Å². The lowest BCUT2D eigenvalue weighted by molar-refractivity contribution is -0.117. The molecule has 2 rings (SSSR count). The first-order chi connectivity index (χ1) is 8.72. The molecule has 1 aromatic heterocycles. The van der Waals surface area contributed by atoms with Crippen molar-refractivity contribution in [2.24, 2.45) is 0 Å². The number of carbonyl (C=O) groups is 1. The van der Waals surface area contributed by atoms with Gasteiger partial charge < -0.3 is 4.74 Å². The molecule has 2 aromatic rings. The van der Waals surface area contributed by atoms with Crippen molar-refractivity contribution in [2.75, 3.05) is 7.11 Å². The van der Waals surface area contributed by atoms with Crippen LogP contribution in [0, 0.1) is 0 Å². The quantitative estimate of drug-likeness (QED) is 0.826. The summed E-state index contributed by atoms with van der Waals surface area (Å²) in [4.78, 5) is 16.1. The van der Waals surface area contributed by atoms with Gasteiger partial charge in [-0.2, -0.15) is 0 Å². The van der Waals surface area contributed by atoms with Crippen molar-refractivity contribution in [3.8, 4) is 5.75 Å². The van der Waals surface area contributed by atoms with Crippen LogP contribution in [0.25, 0.3) is 0 Å². The van der Waals surface area contributed by atoms with Crippen LogP contribution in [0.1, 0.15) is 24.1 Å². The van der Waals surface area contributed by atoms with Crippen molar-refractivity contribution in [1.29, 1.82) is 0 Å². The molecule has 0 aliphatic heterocycles. The highest BCUT2D eigenvalue weighted by atomic mass is 16.5. The van der Waals surface area contributed by atoms with Gasteiger partial charge in [0.15, 0.2) is 0 Å². The number of aromatic nitrogens is 1. The number of benzene rings is 1. The molecule has 92 valence electrons. The molecule has 0 aliphatic rings. The molecule has 1 atom stereocenters. The Labute approximate surface area is 106 Å². The summed E-state index contributed by atoms with van der Waals surface area (Å²) in [7, 11) is 1.62. The number of ether oxygens (including phenoxy) is 1. The summed E-state index contributed by atoms with van der Waals surface area (Å²) < 4.78 is 5.11. The van der Waals surface area contributed by atoms with Gasteiger partial charge in [-0.3, -0.25) is 9.78 Å². The van der Waals surface area contributed by atoms with E-state index in [0.29, 0.717) is 0 Å². The molecule has 0 N–H and O–H groups in total. The molecule has 1 unspecified atom stereocenters. The van der Waals surface area contributed by atoms with Crippen molar-refractivity contribution in [1.82, 2.24) is 4.98 Å². The maximum atomic E-state index is 11.8. The first-order valence-electron chi connectivity index (χ1n) is 5.77. The van der Waals surface area contributed by atoms with Gasteiger partial charge in [-0.1, -0.05) is 18.2 Å². The predicted molar refractivity (Wildman–Crippen MR) is 69.8 cm³/mol. The van der Waals surface area contributed by atoms with Gasteiger partial charge in [0.1, 0.15) is 11.5 Å². The molecule has 0 radical (unpaired) electrons. The van der Waals surface area contributed by atoms with E-state index in [9.17, 15) is 4.79 Å². The summed E-state index contributed by atoms with van der Waals surface area (Å²) in [5, 5.41) is 0. The van der Waals surface area contributed by atoms with Crippen LogP contribution in [0.4, 0.5) is 0 Å². The Hall–Kier alpha value is -2.16. The van der Waals surface area contributed by atoms with Crippen LogP contribution < -0.4 is 4.74 Å². The van der Waals surface area contributed by atoms with Crippen LogP contribution >= 0.6 is 0 Å². The Kier molecular flexibility index (Phi) is 3.72. The molecule has 0 saturated heterocycles. The third-order valence-corrected chi connectivity index (χ3v) is 2.84. The fourth-order valence-electron chi connectivity index (χ4n) is 1.96. The van der Waals surface area contributed by atoms with Gasteiger partial charge in [-0.25, -0.2) is 0 Å². The van der Waals surface area contributed by atoms with Crippen molar-refractivity contribution in [2.45, 2.75) is 12.8 Å². The van der Waals surface area contributed by atoms with Gasteiger partial charge in [0, 0.05) is 6.20 Å². The van der Waals surface area contributed by atoms with Gasteiger partial charge >= 0.3 is 0 Å². The number of methoxy groups -OCH3 is 1. The SMILES string of the molecule is COc1ccc(C(C(C)=O)c2ccccn2)cc1. The Morgan fingerprint density at radius 3 is 2.39 bits per heavy atom. The van der Waals surface area contributed by atoms with Crippen LogP contribution in [0.5, 0.6) is 5.75 Å². The number of Topliss-reactive ketones (excluding diaryl/α,β-unsaturated/α-hetero) is 1. The zero-order chi connectivity index (χ0) is 13.0. The second kappa shape index (κ2) is 5.45. The normalized spacial score (nSPS) is 11.9. The topological polar surface area (TPSA) is 39.2 Å². The molecule has 3 nitrogen and oxygen atoms in total. The van der Waals surface area contributed by atoms with E-state index in [1.807, 2.05) is 42.5 Å². The molecule has 3 heteroatoms. The maximum Gasteiger partial charge on any atom is 0.143 e. The number of ketones is 1. The summed E-state index contributed by atoms with van der Waals surface area (Å²) in [6.07, 6.45) is 1.70. The highest BCUT2D eigenvalue weighted by Gasteiger charge is 2.19. The summed E-state index contributed by atoms with van der Waals surface area (Å²) in [5.74, 6) is 0.554. The lowest BCUT2D eigenvalue weighted by atomic mass is 9.92. The highest BCUT2D eigenvalue weighted by molar-refractivity contribution is 5.86. The average molecular weight is 241 g/mol. The van der Waals surface area contributed by atoms with Gasteiger partial charge in [-0.15, -0.1) is 0 Å². The minimum absolute atomic E-state index is 0.0823. The minimum Gasteiger partial charge on any atom is -0.497 e. The maximum absolute atomic E-state index is 11.8. The second-order valence-electron chi connectivity index (χ2n) is 4.07. The van der Waals surface area contributed by atoms with Gasteiger partial charge in [0.05, 0.1) is 18.7 Å². The van der Waals surface area contributed by atoms with E-state index in [-0.39, 0.29) is 11.7 Å². The first-order valence-corrected chi connectivity index (χ1v) is 5.77. The Balaban J connectivity index is 2.39. The average Bonchev–Trinajstić information content (AvgIpc) is 2.40. The van der Waals surface area contributed by atoms with E-state index < -0.39 is 0 Å². The number of rotatable bonds is 4. The smallest absolute Gasteiger partial charge is 0.143 e.